The van der Waals surface area contributed by atoms with Gasteiger partial charge in [0.25, 0.3) is 21.6 Å². The molecule has 0 bridgehead atoms. The predicted molar refractivity (Wildman–Crippen MR) is 245 cm³/mol. The van der Waals surface area contributed by atoms with Gasteiger partial charge >= 0.3 is 0 Å². The number of H-pyrrole nitrogens is 1. The van der Waals surface area contributed by atoms with Gasteiger partial charge in [-0.2, -0.15) is 0 Å². The number of fused-ring (bicyclic) bond motifs is 2. The largest absolute Gasteiger partial charge is 0.493 e. The Hall–Kier alpha value is -5.53. The maximum Gasteiger partial charge on any atom is 0.277 e. The first-order valence-electron chi connectivity index (χ1n) is 21.1. The number of allylic oxidation sites excluding steroid dienone is 1. The summed E-state index contributed by atoms with van der Waals surface area (Å²) in [5.74, 6) is -1.24. The summed E-state index contributed by atoms with van der Waals surface area (Å²) in [4.78, 5) is 37.1. The Morgan fingerprint density at radius 1 is 1.05 bits per heavy atom. The molecule has 338 valence electrons. The SMILES string of the molecule is CCS(=O)(=O)NC[C@@H]1COc2cc(S(=O)(=O)NC(=O)c3ccc(N4CCN(CC5=C(c6ccc(Cl)cc6)CC(C)(C)CC5)CC4)cc3Oc3cnc4[nH]ccc4c3)cc([N+](=O)[O-])c2C1. The molecule has 0 saturated carbocycles. The molecule has 1 amide bonds. The number of ether oxygens (including phenoxy) is 2. The molecular weight excluding hydrogens is 882 g/mol. The number of nitro groups is 1. The van der Waals surface area contributed by atoms with Crippen LogP contribution in [0, 0.1) is 21.4 Å². The summed E-state index contributed by atoms with van der Waals surface area (Å²) < 4.78 is 68.3. The van der Waals surface area contributed by atoms with E-state index in [1.807, 2.05) is 18.2 Å². The van der Waals surface area contributed by atoms with Gasteiger partial charge in [-0.1, -0.05) is 43.2 Å². The fraction of sp³-hybridized carbons (Fsp3) is 0.378. The number of aromatic nitrogens is 2. The second-order valence-electron chi connectivity index (χ2n) is 17.3. The van der Waals surface area contributed by atoms with Gasteiger partial charge in [0, 0.05) is 85.7 Å². The number of carbonyl (C=O) groups excluding carboxylic acids is 1. The molecule has 19 heteroatoms. The number of rotatable bonds is 14. The summed E-state index contributed by atoms with van der Waals surface area (Å²) >= 11 is 6.24. The number of benzene rings is 3. The molecule has 2 aromatic heterocycles. The van der Waals surface area contributed by atoms with Crippen molar-refractivity contribution in [2.45, 2.75) is 51.3 Å². The van der Waals surface area contributed by atoms with E-state index in [-0.39, 0.29) is 53.4 Å². The van der Waals surface area contributed by atoms with Gasteiger partial charge in [-0.3, -0.25) is 19.8 Å². The van der Waals surface area contributed by atoms with Crippen LogP contribution in [-0.2, 0) is 26.5 Å². The molecule has 3 aromatic carbocycles. The summed E-state index contributed by atoms with van der Waals surface area (Å²) in [7, 11) is -8.23. The van der Waals surface area contributed by atoms with Gasteiger partial charge in [0.05, 0.1) is 39.5 Å². The highest BCUT2D eigenvalue weighted by Gasteiger charge is 2.34. The van der Waals surface area contributed by atoms with Crippen molar-refractivity contribution in [2.75, 3.05) is 56.5 Å². The van der Waals surface area contributed by atoms with Crippen LogP contribution < -0.4 is 23.8 Å². The summed E-state index contributed by atoms with van der Waals surface area (Å²) in [6.07, 6.45) is 6.44. The lowest BCUT2D eigenvalue weighted by molar-refractivity contribution is -0.386. The van der Waals surface area contributed by atoms with Crippen molar-refractivity contribution in [1.82, 2.24) is 24.3 Å². The summed E-state index contributed by atoms with van der Waals surface area (Å²) in [6.45, 7) is 9.94. The zero-order valence-electron chi connectivity index (χ0n) is 35.7. The molecule has 1 atom stereocenters. The topological polar surface area (TPSA) is 206 Å². The predicted octanol–water partition coefficient (Wildman–Crippen LogP) is 7.31. The molecule has 1 fully saturated rings. The number of halogens is 1. The number of sulfonamides is 2. The van der Waals surface area contributed by atoms with E-state index in [2.05, 4.69) is 55.2 Å². The number of nitrogens with one attached hydrogen (secondary N) is 3. The van der Waals surface area contributed by atoms with E-state index < -0.39 is 47.4 Å². The monoisotopic (exact) mass is 931 g/mol. The normalized spacial score (nSPS) is 18.1. The lowest BCUT2D eigenvalue weighted by Gasteiger charge is -2.39. The Kier molecular flexibility index (Phi) is 12.8. The molecule has 8 rings (SSSR count). The van der Waals surface area contributed by atoms with Crippen molar-refractivity contribution in [1.29, 1.82) is 0 Å². The van der Waals surface area contributed by atoms with Gasteiger partial charge in [-0.15, -0.1) is 0 Å². The van der Waals surface area contributed by atoms with Crippen molar-refractivity contribution in [3.8, 4) is 17.2 Å². The van der Waals surface area contributed by atoms with Crippen LogP contribution in [0.5, 0.6) is 17.2 Å². The molecule has 0 radical (unpaired) electrons. The molecule has 0 spiro atoms. The smallest absolute Gasteiger partial charge is 0.277 e. The van der Waals surface area contributed by atoms with Gasteiger partial charge in [0.1, 0.15) is 22.9 Å². The van der Waals surface area contributed by atoms with E-state index in [1.54, 1.807) is 24.4 Å². The zero-order chi connectivity index (χ0) is 45.4. The van der Waals surface area contributed by atoms with Crippen LogP contribution in [0.2, 0.25) is 5.02 Å². The van der Waals surface area contributed by atoms with Gasteiger partial charge in [-0.25, -0.2) is 31.3 Å². The number of anilines is 1. The number of pyridine rings is 1. The van der Waals surface area contributed by atoms with Crippen LogP contribution in [0.3, 0.4) is 0 Å². The lowest BCUT2D eigenvalue weighted by Crippen LogP contribution is -2.47. The third kappa shape index (κ3) is 10.2. The Labute approximate surface area is 377 Å². The minimum atomic E-state index is -4.71. The number of carbonyl (C=O) groups is 1. The molecule has 2 aliphatic heterocycles. The fourth-order valence-electron chi connectivity index (χ4n) is 8.51. The van der Waals surface area contributed by atoms with Crippen LogP contribution in [0.15, 0.2) is 89.6 Å². The van der Waals surface area contributed by atoms with Crippen molar-refractivity contribution < 1.29 is 36.0 Å². The molecule has 3 aliphatic rings. The highest BCUT2D eigenvalue weighted by molar-refractivity contribution is 7.90. The number of piperazine rings is 1. The third-order valence-electron chi connectivity index (χ3n) is 12.2. The molecule has 3 N–H and O–H groups in total. The summed E-state index contributed by atoms with van der Waals surface area (Å²) in [5, 5.41) is 13.7. The Bertz CT molecular complexity index is 2860. The number of hydrogen-bond donors (Lipinski definition) is 3. The first-order chi connectivity index (χ1) is 30.5. The Morgan fingerprint density at radius 2 is 1.81 bits per heavy atom. The maximum atomic E-state index is 14.0. The van der Waals surface area contributed by atoms with Crippen LogP contribution in [0.25, 0.3) is 16.6 Å². The number of amides is 1. The minimum absolute atomic E-state index is 0.0128. The molecule has 0 unspecified atom stereocenters. The van der Waals surface area contributed by atoms with Crippen molar-refractivity contribution >= 4 is 65.5 Å². The van der Waals surface area contributed by atoms with Gasteiger partial charge in [0.15, 0.2) is 0 Å². The van der Waals surface area contributed by atoms with Crippen molar-refractivity contribution in [3.63, 3.8) is 0 Å². The third-order valence-corrected chi connectivity index (χ3v) is 15.1. The van der Waals surface area contributed by atoms with E-state index in [4.69, 9.17) is 21.1 Å². The number of hydrogen-bond acceptors (Lipinski definition) is 12. The second-order valence-corrected chi connectivity index (χ2v) is 21.5. The van der Waals surface area contributed by atoms with Crippen LogP contribution >= 0.6 is 11.6 Å². The van der Waals surface area contributed by atoms with Crippen molar-refractivity contribution in [2.24, 2.45) is 11.3 Å². The van der Waals surface area contributed by atoms with Crippen LogP contribution in [0.1, 0.15) is 61.5 Å². The number of aromatic amines is 1. The number of nitrogens with zero attached hydrogens (tertiary/aromatic N) is 4. The maximum absolute atomic E-state index is 14.0. The van der Waals surface area contributed by atoms with Gasteiger partial charge in [-0.05, 0) is 85.6 Å². The minimum Gasteiger partial charge on any atom is -0.493 e. The van der Waals surface area contributed by atoms with E-state index in [9.17, 15) is 31.7 Å². The molecule has 1 saturated heterocycles. The Morgan fingerprint density at radius 3 is 2.55 bits per heavy atom. The number of nitro benzene ring substituents is 1. The average molecular weight is 933 g/mol. The molecule has 1 aliphatic carbocycles. The summed E-state index contributed by atoms with van der Waals surface area (Å²) in [6, 6.07) is 18.6. The highest BCUT2D eigenvalue weighted by Crippen LogP contribution is 2.44. The Balaban J connectivity index is 1.02. The molecule has 5 aromatic rings. The van der Waals surface area contributed by atoms with Crippen LogP contribution in [-0.4, -0.2) is 94.2 Å². The lowest BCUT2D eigenvalue weighted by atomic mass is 9.72. The highest BCUT2D eigenvalue weighted by atomic mass is 35.5. The van der Waals surface area contributed by atoms with Crippen molar-refractivity contribution in [3.05, 3.63) is 117 Å². The first-order valence-corrected chi connectivity index (χ1v) is 24.6. The van der Waals surface area contributed by atoms with Gasteiger partial charge < -0.3 is 19.4 Å². The first kappa shape index (κ1) is 45.1. The standard InChI is InChI=1S/C45H50ClN7O9S2/c1-4-63(57,58)49-25-29-19-38-40(53(55)56)22-36(23-41(38)61-28-29)64(59,60)50-44(54)37-10-9-34(21-42(37)62-35-20-31-12-14-47-43(31)48-26-35)52-17-15-51(16-18-52)27-32-11-13-45(2,3)24-39(32)30-5-7-33(46)8-6-30/h5-10,12,14,20-23,26,29,49H,4,11,13,15-19,24-25,27-28H2,1-3H3,(H,47,48)(H,50,54)/t29-/m1/s1. The van der Waals surface area contributed by atoms with E-state index in [0.29, 0.717) is 29.5 Å². The fourth-order valence-corrected chi connectivity index (χ4v) is 10.3. The van der Waals surface area contributed by atoms with E-state index >= 15 is 0 Å². The molecule has 4 heterocycles. The van der Waals surface area contributed by atoms with E-state index in [1.165, 1.54) is 35.9 Å². The van der Waals surface area contributed by atoms with Gasteiger partial charge in [0.2, 0.25) is 10.0 Å². The quantitative estimate of drug-likeness (QED) is 0.0741. The zero-order valence-corrected chi connectivity index (χ0v) is 38.1. The van der Waals surface area contributed by atoms with E-state index in [0.717, 1.165) is 62.1 Å². The van der Waals surface area contributed by atoms with Crippen LogP contribution in [0.4, 0.5) is 11.4 Å². The molecular formula is C45H50ClN7O9S2. The molecule has 16 nitrogen and oxygen atoms in total. The second kappa shape index (κ2) is 18.2. The summed E-state index contributed by atoms with van der Waals surface area (Å²) in [5.41, 5.74) is 5.17. The average Bonchev–Trinajstić information content (AvgIpc) is 3.74. The molecule has 64 heavy (non-hydrogen) atoms.